The Labute approximate surface area is 154 Å². The minimum atomic E-state index is -3.60. The predicted octanol–water partition coefficient (Wildman–Crippen LogP) is 0.421. The molecule has 0 amide bonds. The van der Waals surface area contributed by atoms with E-state index < -0.39 is 22.5 Å². The minimum absolute atomic E-state index is 0.0281. The van der Waals surface area contributed by atoms with E-state index in [-0.39, 0.29) is 12.6 Å². The number of carboxylic acid groups (broad SMARTS) is 1. The van der Waals surface area contributed by atoms with Gasteiger partial charge in [-0.05, 0) is 24.6 Å². The number of carboxylic acids is 1. The molecular weight excluding hydrogens is 360 g/mol. The van der Waals surface area contributed by atoms with Gasteiger partial charge < -0.3 is 14.6 Å². The molecule has 1 saturated heterocycles. The van der Waals surface area contributed by atoms with E-state index in [9.17, 15) is 13.2 Å². The molecule has 0 spiro atoms. The molecule has 2 rings (SSSR count). The molecule has 0 aromatic heterocycles. The lowest BCUT2D eigenvalue weighted by Gasteiger charge is -2.34. The van der Waals surface area contributed by atoms with Crippen LogP contribution < -0.4 is 4.74 Å². The SMILES string of the molecule is Cc1cccc(OCCN2CCOC(CN(CC(=O)O)S(C)(=O)=O)C2)c1. The van der Waals surface area contributed by atoms with E-state index in [1.165, 1.54) is 0 Å². The minimum Gasteiger partial charge on any atom is -0.492 e. The first-order chi connectivity index (χ1) is 12.2. The average molecular weight is 386 g/mol. The lowest BCUT2D eigenvalue weighted by molar-refractivity contribution is -0.137. The maximum absolute atomic E-state index is 11.8. The molecule has 1 aliphatic heterocycles. The zero-order valence-corrected chi connectivity index (χ0v) is 15.9. The maximum atomic E-state index is 11.8. The highest BCUT2D eigenvalue weighted by molar-refractivity contribution is 7.88. The van der Waals surface area contributed by atoms with Gasteiger partial charge in [-0.3, -0.25) is 9.69 Å². The van der Waals surface area contributed by atoms with Gasteiger partial charge in [0.15, 0.2) is 0 Å². The zero-order valence-electron chi connectivity index (χ0n) is 15.1. The van der Waals surface area contributed by atoms with Crippen LogP contribution in [0.4, 0.5) is 0 Å². The average Bonchev–Trinajstić information content (AvgIpc) is 2.53. The number of rotatable bonds is 9. The van der Waals surface area contributed by atoms with Crippen molar-refractivity contribution < 1.29 is 27.8 Å². The summed E-state index contributed by atoms with van der Waals surface area (Å²) in [6.45, 7) is 4.40. The molecule has 146 valence electrons. The number of carbonyl (C=O) groups is 1. The van der Waals surface area contributed by atoms with Gasteiger partial charge in [0.05, 0.1) is 19.0 Å². The van der Waals surface area contributed by atoms with Crippen LogP contribution in [0.3, 0.4) is 0 Å². The third-order valence-electron chi connectivity index (χ3n) is 4.08. The fourth-order valence-corrected chi connectivity index (χ4v) is 3.57. The van der Waals surface area contributed by atoms with Crippen molar-refractivity contribution in [3.8, 4) is 5.75 Å². The first kappa shape index (κ1) is 20.6. The van der Waals surface area contributed by atoms with Gasteiger partial charge in [-0.25, -0.2) is 8.42 Å². The summed E-state index contributed by atoms with van der Waals surface area (Å²) in [6, 6.07) is 7.82. The zero-order chi connectivity index (χ0) is 19.2. The van der Waals surface area contributed by atoms with Crippen LogP contribution in [0, 0.1) is 6.92 Å². The number of aryl methyl sites for hydroxylation is 1. The van der Waals surface area contributed by atoms with Crippen LogP contribution >= 0.6 is 0 Å². The molecule has 1 unspecified atom stereocenters. The lowest BCUT2D eigenvalue weighted by atomic mass is 10.2. The predicted molar refractivity (Wildman–Crippen MR) is 96.9 cm³/mol. The standard InChI is InChI=1S/C17H26N2O6S/c1-14-4-3-5-15(10-14)24-8-6-18-7-9-25-16(11-18)12-19(13-17(20)21)26(2,22)23/h3-5,10,16H,6-9,11-13H2,1-2H3,(H,20,21). The van der Waals surface area contributed by atoms with Crippen molar-refractivity contribution in [1.82, 2.24) is 9.21 Å². The number of benzene rings is 1. The Balaban J connectivity index is 1.83. The molecule has 9 heteroatoms. The van der Waals surface area contributed by atoms with E-state index in [1.54, 1.807) is 0 Å². The summed E-state index contributed by atoms with van der Waals surface area (Å²) in [4.78, 5) is 13.0. The van der Waals surface area contributed by atoms with Crippen molar-refractivity contribution in [2.75, 3.05) is 52.2 Å². The Morgan fingerprint density at radius 2 is 2.23 bits per heavy atom. The molecular formula is C17H26N2O6S. The third kappa shape index (κ3) is 6.91. The first-order valence-corrected chi connectivity index (χ1v) is 10.3. The molecule has 0 radical (unpaired) electrons. The van der Waals surface area contributed by atoms with Crippen LogP contribution in [0.25, 0.3) is 0 Å². The molecule has 0 aliphatic carbocycles. The van der Waals surface area contributed by atoms with E-state index in [1.807, 2.05) is 31.2 Å². The molecule has 26 heavy (non-hydrogen) atoms. The van der Waals surface area contributed by atoms with Crippen LogP contribution in [-0.2, 0) is 19.6 Å². The summed E-state index contributed by atoms with van der Waals surface area (Å²) >= 11 is 0. The van der Waals surface area contributed by atoms with Crippen LogP contribution in [0.15, 0.2) is 24.3 Å². The van der Waals surface area contributed by atoms with Gasteiger partial charge in [-0.2, -0.15) is 4.31 Å². The number of morpholine rings is 1. The summed E-state index contributed by atoms with van der Waals surface area (Å²) in [5.74, 6) is -0.367. The van der Waals surface area contributed by atoms with Gasteiger partial charge in [0.1, 0.15) is 18.9 Å². The Morgan fingerprint density at radius 1 is 1.46 bits per heavy atom. The Morgan fingerprint density at radius 3 is 2.88 bits per heavy atom. The number of aliphatic carboxylic acids is 1. The van der Waals surface area contributed by atoms with Crippen molar-refractivity contribution in [3.05, 3.63) is 29.8 Å². The lowest BCUT2D eigenvalue weighted by Crippen LogP contribution is -2.50. The maximum Gasteiger partial charge on any atom is 0.318 e. The topological polar surface area (TPSA) is 96.4 Å². The van der Waals surface area contributed by atoms with Crippen molar-refractivity contribution in [2.24, 2.45) is 0 Å². The van der Waals surface area contributed by atoms with E-state index in [4.69, 9.17) is 14.6 Å². The number of sulfonamides is 1. The van der Waals surface area contributed by atoms with Gasteiger partial charge in [0.25, 0.3) is 0 Å². The monoisotopic (exact) mass is 386 g/mol. The molecule has 1 aromatic carbocycles. The van der Waals surface area contributed by atoms with E-state index in [2.05, 4.69) is 4.90 Å². The smallest absolute Gasteiger partial charge is 0.318 e. The summed E-state index contributed by atoms with van der Waals surface area (Å²) in [5, 5.41) is 8.90. The van der Waals surface area contributed by atoms with Crippen LogP contribution in [-0.4, -0.2) is 87.0 Å². The summed E-state index contributed by atoms with van der Waals surface area (Å²) in [5.41, 5.74) is 1.13. The molecule has 0 saturated carbocycles. The Hall–Kier alpha value is -1.68. The summed E-state index contributed by atoms with van der Waals surface area (Å²) in [6.07, 6.45) is 0.642. The second-order valence-corrected chi connectivity index (χ2v) is 8.39. The largest absolute Gasteiger partial charge is 0.492 e. The van der Waals surface area contributed by atoms with Crippen LogP contribution in [0.1, 0.15) is 5.56 Å². The second kappa shape index (κ2) is 9.31. The van der Waals surface area contributed by atoms with Gasteiger partial charge in [0, 0.05) is 26.2 Å². The molecule has 1 aromatic rings. The highest BCUT2D eigenvalue weighted by Gasteiger charge is 2.27. The highest BCUT2D eigenvalue weighted by atomic mass is 32.2. The van der Waals surface area contributed by atoms with Crippen molar-refractivity contribution in [1.29, 1.82) is 0 Å². The van der Waals surface area contributed by atoms with Crippen LogP contribution in [0.5, 0.6) is 5.75 Å². The number of nitrogens with zero attached hydrogens (tertiary/aromatic N) is 2. The second-order valence-electron chi connectivity index (χ2n) is 6.41. The highest BCUT2D eigenvalue weighted by Crippen LogP contribution is 2.13. The number of hydrogen-bond acceptors (Lipinski definition) is 6. The van der Waals surface area contributed by atoms with Gasteiger partial charge >= 0.3 is 5.97 Å². The first-order valence-electron chi connectivity index (χ1n) is 8.44. The van der Waals surface area contributed by atoms with Crippen molar-refractivity contribution >= 4 is 16.0 Å². The summed E-state index contributed by atoms with van der Waals surface area (Å²) in [7, 11) is -3.60. The van der Waals surface area contributed by atoms with Gasteiger partial charge in [0.2, 0.25) is 10.0 Å². The van der Waals surface area contributed by atoms with Crippen molar-refractivity contribution in [3.63, 3.8) is 0 Å². The number of ether oxygens (including phenoxy) is 2. The fraction of sp³-hybridized carbons (Fsp3) is 0.588. The van der Waals surface area contributed by atoms with Crippen LogP contribution in [0.2, 0.25) is 0 Å². The van der Waals surface area contributed by atoms with E-state index >= 15 is 0 Å². The van der Waals surface area contributed by atoms with E-state index in [0.717, 1.165) is 28.4 Å². The fourth-order valence-electron chi connectivity index (χ4n) is 2.79. The Bertz CT molecular complexity index is 709. The molecule has 1 aliphatic rings. The van der Waals surface area contributed by atoms with E-state index in [0.29, 0.717) is 26.3 Å². The molecule has 0 bridgehead atoms. The van der Waals surface area contributed by atoms with Gasteiger partial charge in [-0.15, -0.1) is 0 Å². The summed E-state index contributed by atoms with van der Waals surface area (Å²) < 4.78 is 35.8. The quantitative estimate of drug-likeness (QED) is 0.657. The van der Waals surface area contributed by atoms with Crippen molar-refractivity contribution in [2.45, 2.75) is 13.0 Å². The normalized spacial score (nSPS) is 18.8. The Kier molecular flexibility index (Phi) is 7.39. The third-order valence-corrected chi connectivity index (χ3v) is 5.29. The number of hydrogen-bond donors (Lipinski definition) is 1. The molecule has 1 fully saturated rings. The molecule has 1 atom stereocenters. The molecule has 1 N–H and O–H groups in total. The van der Waals surface area contributed by atoms with Gasteiger partial charge in [-0.1, -0.05) is 12.1 Å². The molecule has 1 heterocycles. The molecule has 8 nitrogen and oxygen atoms in total.